The summed E-state index contributed by atoms with van der Waals surface area (Å²) in [7, 11) is 0. The largest absolute Gasteiger partial charge is 0.354 e. The third-order valence-corrected chi connectivity index (χ3v) is 6.86. The lowest BCUT2D eigenvalue weighted by Crippen LogP contribution is -2.38. The van der Waals surface area contributed by atoms with E-state index in [9.17, 15) is 0 Å². The highest BCUT2D eigenvalue weighted by molar-refractivity contribution is 5.79. The fourth-order valence-electron chi connectivity index (χ4n) is 4.98. The number of fused-ring (bicyclic) bond motifs is 1. The SMILES string of the molecule is CCCCNc1ncc2c(C3CCN(C(C)C)CC3)nn(C3CCCCC3)c2n1. The van der Waals surface area contributed by atoms with Gasteiger partial charge in [0.2, 0.25) is 5.95 Å². The molecule has 2 aromatic heterocycles. The third kappa shape index (κ3) is 4.57. The molecule has 4 rings (SSSR count). The summed E-state index contributed by atoms with van der Waals surface area (Å²) < 4.78 is 2.27. The lowest BCUT2D eigenvalue weighted by atomic mass is 9.92. The standard InChI is InChI=1S/C23H38N6/c1-4-5-13-24-23-25-16-20-21(18-11-14-28(15-12-18)17(2)3)27-29(22(20)26-23)19-9-7-6-8-10-19/h16-19H,4-15H2,1-3H3,(H,24,25,26). The first kappa shape index (κ1) is 20.6. The van der Waals surface area contributed by atoms with E-state index in [1.165, 1.54) is 62.4 Å². The molecule has 0 atom stereocenters. The zero-order chi connectivity index (χ0) is 20.2. The highest BCUT2D eigenvalue weighted by atomic mass is 15.3. The van der Waals surface area contributed by atoms with E-state index in [0.717, 1.165) is 37.7 Å². The van der Waals surface area contributed by atoms with E-state index in [1.54, 1.807) is 0 Å². The first-order chi connectivity index (χ1) is 14.2. The molecular formula is C23H38N6. The molecular weight excluding hydrogens is 360 g/mol. The van der Waals surface area contributed by atoms with E-state index >= 15 is 0 Å². The lowest BCUT2D eigenvalue weighted by Gasteiger charge is -2.34. The van der Waals surface area contributed by atoms with Crippen LogP contribution >= 0.6 is 0 Å². The van der Waals surface area contributed by atoms with E-state index in [-0.39, 0.29) is 0 Å². The topological polar surface area (TPSA) is 58.9 Å². The maximum absolute atomic E-state index is 5.21. The lowest BCUT2D eigenvalue weighted by molar-refractivity contribution is 0.170. The normalized spacial score (nSPS) is 20.0. The number of aromatic nitrogens is 4. The monoisotopic (exact) mass is 398 g/mol. The van der Waals surface area contributed by atoms with E-state index in [4.69, 9.17) is 10.1 Å². The number of piperidine rings is 1. The van der Waals surface area contributed by atoms with Crippen molar-refractivity contribution in [3.8, 4) is 0 Å². The molecule has 1 aliphatic carbocycles. The zero-order valence-electron chi connectivity index (χ0n) is 18.5. The first-order valence-electron chi connectivity index (χ1n) is 11.9. The molecule has 1 saturated carbocycles. The zero-order valence-corrected chi connectivity index (χ0v) is 18.5. The number of likely N-dealkylation sites (tertiary alicyclic amines) is 1. The Morgan fingerprint density at radius 3 is 2.55 bits per heavy atom. The van der Waals surface area contributed by atoms with Gasteiger partial charge in [-0.05, 0) is 59.0 Å². The molecule has 1 N–H and O–H groups in total. The third-order valence-electron chi connectivity index (χ3n) is 6.86. The second-order valence-electron chi connectivity index (χ2n) is 9.24. The van der Waals surface area contributed by atoms with E-state index in [2.05, 4.69) is 40.7 Å². The molecule has 0 unspecified atom stereocenters. The molecule has 0 radical (unpaired) electrons. The van der Waals surface area contributed by atoms with Crippen molar-refractivity contribution in [2.24, 2.45) is 0 Å². The molecule has 29 heavy (non-hydrogen) atoms. The minimum atomic E-state index is 0.495. The van der Waals surface area contributed by atoms with Crippen LogP contribution in [0.1, 0.15) is 96.2 Å². The number of unbranched alkanes of at least 4 members (excludes halogenated alkanes) is 1. The van der Waals surface area contributed by atoms with Gasteiger partial charge in [-0.15, -0.1) is 0 Å². The fraction of sp³-hybridized carbons (Fsp3) is 0.783. The smallest absolute Gasteiger partial charge is 0.224 e. The van der Waals surface area contributed by atoms with Crippen LogP contribution in [0.2, 0.25) is 0 Å². The number of rotatable bonds is 7. The van der Waals surface area contributed by atoms with Crippen molar-refractivity contribution in [2.45, 2.75) is 96.6 Å². The van der Waals surface area contributed by atoms with Gasteiger partial charge < -0.3 is 10.2 Å². The van der Waals surface area contributed by atoms with Crippen molar-refractivity contribution in [1.82, 2.24) is 24.6 Å². The van der Waals surface area contributed by atoms with Crippen LogP contribution in [-0.4, -0.2) is 50.3 Å². The number of anilines is 1. The Hall–Kier alpha value is -1.69. The minimum Gasteiger partial charge on any atom is -0.354 e. The molecule has 2 aromatic rings. The van der Waals surface area contributed by atoms with Crippen LogP contribution in [0, 0.1) is 0 Å². The summed E-state index contributed by atoms with van der Waals surface area (Å²) in [6, 6.07) is 1.13. The van der Waals surface area contributed by atoms with Gasteiger partial charge in [0.05, 0.1) is 17.1 Å². The number of hydrogen-bond donors (Lipinski definition) is 1. The molecule has 3 heterocycles. The molecule has 1 saturated heterocycles. The average Bonchev–Trinajstić information content (AvgIpc) is 3.13. The Morgan fingerprint density at radius 1 is 1.10 bits per heavy atom. The highest BCUT2D eigenvalue weighted by Gasteiger charge is 2.29. The Kier molecular flexibility index (Phi) is 6.68. The minimum absolute atomic E-state index is 0.495. The summed E-state index contributed by atoms with van der Waals surface area (Å²) in [5, 5.41) is 9.80. The highest BCUT2D eigenvalue weighted by Crippen LogP contribution is 2.36. The molecule has 0 bridgehead atoms. The van der Waals surface area contributed by atoms with Gasteiger partial charge >= 0.3 is 0 Å². The van der Waals surface area contributed by atoms with Gasteiger partial charge in [-0.1, -0.05) is 32.6 Å². The van der Waals surface area contributed by atoms with Crippen molar-refractivity contribution in [2.75, 3.05) is 25.0 Å². The van der Waals surface area contributed by atoms with Gasteiger partial charge in [0.15, 0.2) is 5.65 Å². The summed E-state index contributed by atoms with van der Waals surface area (Å²) >= 11 is 0. The maximum Gasteiger partial charge on any atom is 0.224 e. The van der Waals surface area contributed by atoms with Gasteiger partial charge in [0, 0.05) is 24.7 Å². The van der Waals surface area contributed by atoms with E-state index < -0.39 is 0 Å². The predicted molar refractivity (Wildman–Crippen MR) is 120 cm³/mol. The van der Waals surface area contributed by atoms with Crippen molar-refractivity contribution in [1.29, 1.82) is 0 Å². The predicted octanol–water partition coefficient (Wildman–Crippen LogP) is 5.13. The fourth-order valence-corrected chi connectivity index (χ4v) is 4.98. The molecule has 0 aromatic carbocycles. The number of nitrogens with one attached hydrogen (secondary N) is 1. The Morgan fingerprint density at radius 2 is 1.86 bits per heavy atom. The maximum atomic E-state index is 5.21. The van der Waals surface area contributed by atoms with Crippen LogP contribution in [0.15, 0.2) is 6.20 Å². The average molecular weight is 399 g/mol. The molecule has 2 aliphatic rings. The number of nitrogens with zero attached hydrogens (tertiary/aromatic N) is 5. The van der Waals surface area contributed by atoms with Crippen LogP contribution in [0.25, 0.3) is 11.0 Å². The van der Waals surface area contributed by atoms with E-state index in [0.29, 0.717) is 18.0 Å². The summed E-state index contributed by atoms with van der Waals surface area (Å²) in [6.07, 6.45) is 13.1. The second kappa shape index (κ2) is 9.41. The molecule has 6 heteroatoms. The second-order valence-corrected chi connectivity index (χ2v) is 9.24. The van der Waals surface area contributed by atoms with Crippen LogP contribution < -0.4 is 5.32 Å². The van der Waals surface area contributed by atoms with Crippen molar-refractivity contribution >= 4 is 17.0 Å². The Bertz CT molecular complexity index is 784. The van der Waals surface area contributed by atoms with Crippen molar-refractivity contribution in [3.05, 3.63) is 11.9 Å². The van der Waals surface area contributed by atoms with Gasteiger partial charge in [0.1, 0.15) is 0 Å². The van der Waals surface area contributed by atoms with Crippen molar-refractivity contribution < 1.29 is 0 Å². The summed E-state index contributed by atoms with van der Waals surface area (Å²) in [6.45, 7) is 10.1. The molecule has 0 spiro atoms. The molecule has 0 amide bonds. The molecule has 2 fully saturated rings. The van der Waals surface area contributed by atoms with Gasteiger partial charge in [0.25, 0.3) is 0 Å². The van der Waals surface area contributed by atoms with Crippen LogP contribution in [0.3, 0.4) is 0 Å². The first-order valence-corrected chi connectivity index (χ1v) is 11.9. The quantitative estimate of drug-likeness (QED) is 0.655. The Labute approximate surface area is 175 Å². The van der Waals surface area contributed by atoms with E-state index in [1.807, 2.05) is 6.20 Å². The summed E-state index contributed by atoms with van der Waals surface area (Å²) in [5.74, 6) is 1.28. The molecule has 1 aliphatic heterocycles. The van der Waals surface area contributed by atoms with Crippen molar-refractivity contribution in [3.63, 3.8) is 0 Å². The number of hydrogen-bond acceptors (Lipinski definition) is 5. The molecule has 6 nitrogen and oxygen atoms in total. The summed E-state index contributed by atoms with van der Waals surface area (Å²) in [4.78, 5) is 12.2. The van der Waals surface area contributed by atoms with Gasteiger partial charge in [-0.25, -0.2) is 9.67 Å². The molecule has 160 valence electrons. The van der Waals surface area contributed by atoms with Gasteiger partial charge in [-0.2, -0.15) is 10.1 Å². The van der Waals surface area contributed by atoms with Crippen LogP contribution in [0.5, 0.6) is 0 Å². The van der Waals surface area contributed by atoms with Crippen LogP contribution in [0.4, 0.5) is 5.95 Å². The van der Waals surface area contributed by atoms with Gasteiger partial charge in [-0.3, -0.25) is 0 Å². The van der Waals surface area contributed by atoms with Crippen LogP contribution in [-0.2, 0) is 0 Å². The Balaban J connectivity index is 1.63. The summed E-state index contributed by atoms with van der Waals surface area (Å²) in [5.41, 5.74) is 2.29.